The maximum atomic E-state index is 13.9. The molecule has 1 aromatic carbocycles. The van der Waals surface area contributed by atoms with Gasteiger partial charge in [0.15, 0.2) is 0 Å². The molecule has 1 unspecified atom stereocenters. The summed E-state index contributed by atoms with van der Waals surface area (Å²) in [7, 11) is 0. The van der Waals surface area contributed by atoms with Gasteiger partial charge in [0.2, 0.25) is 5.89 Å². The number of hydrogen-bond donors (Lipinski definition) is 0. The quantitative estimate of drug-likeness (QED) is 0.495. The average molecular weight is 392 g/mol. The summed E-state index contributed by atoms with van der Waals surface area (Å²) in [6, 6.07) is 6.40. The first kappa shape index (κ1) is 20.5. The van der Waals surface area contributed by atoms with Crippen LogP contribution in [0.2, 0.25) is 0 Å². The van der Waals surface area contributed by atoms with Crippen molar-refractivity contribution in [3.05, 3.63) is 65.7 Å². The van der Waals surface area contributed by atoms with Crippen LogP contribution in [0.3, 0.4) is 0 Å². The summed E-state index contributed by atoms with van der Waals surface area (Å²) >= 11 is 0. The highest BCUT2D eigenvalue weighted by molar-refractivity contribution is 5.72. The number of benzene rings is 1. The van der Waals surface area contributed by atoms with Crippen LogP contribution >= 0.6 is 0 Å². The number of nitrogens with zero attached hydrogens (tertiary/aromatic N) is 4. The van der Waals surface area contributed by atoms with Crippen molar-refractivity contribution in [3.63, 3.8) is 0 Å². The minimum Gasteiger partial charge on any atom is -0.440 e. The summed E-state index contributed by atoms with van der Waals surface area (Å²) in [5.74, 6) is 1.23. The van der Waals surface area contributed by atoms with E-state index in [9.17, 15) is 4.39 Å². The van der Waals surface area contributed by atoms with Gasteiger partial charge in [0.05, 0.1) is 18.2 Å². The van der Waals surface area contributed by atoms with Crippen molar-refractivity contribution in [3.8, 4) is 6.07 Å². The smallest absolute Gasteiger partial charge is 0.245 e. The van der Waals surface area contributed by atoms with Crippen LogP contribution < -0.4 is 4.90 Å². The summed E-state index contributed by atoms with van der Waals surface area (Å²) in [5.41, 5.74) is 2.43. The first-order chi connectivity index (χ1) is 14.0. The Morgan fingerprint density at radius 1 is 1.48 bits per heavy atom. The highest BCUT2D eigenvalue weighted by Gasteiger charge is 2.22. The predicted molar refractivity (Wildman–Crippen MR) is 113 cm³/mol. The summed E-state index contributed by atoms with van der Waals surface area (Å²) in [4.78, 5) is 11.2. The van der Waals surface area contributed by atoms with E-state index < -0.39 is 5.82 Å². The van der Waals surface area contributed by atoms with E-state index in [0.29, 0.717) is 35.3 Å². The van der Waals surface area contributed by atoms with Gasteiger partial charge in [-0.25, -0.2) is 9.37 Å². The normalized spacial score (nSPS) is 15.7. The fraction of sp³-hybridized carbons (Fsp3) is 0.348. The first-order valence-electron chi connectivity index (χ1n) is 9.85. The van der Waals surface area contributed by atoms with Crippen molar-refractivity contribution >= 4 is 17.6 Å². The van der Waals surface area contributed by atoms with Crippen molar-refractivity contribution < 1.29 is 8.81 Å². The monoisotopic (exact) mass is 392 g/mol. The van der Waals surface area contributed by atoms with Gasteiger partial charge in [0.1, 0.15) is 23.0 Å². The second kappa shape index (κ2) is 9.33. The molecule has 1 aliphatic rings. The Balaban J connectivity index is 1.89. The van der Waals surface area contributed by atoms with E-state index in [2.05, 4.69) is 30.4 Å². The molecule has 1 aromatic heterocycles. The summed E-state index contributed by atoms with van der Waals surface area (Å²) < 4.78 is 19.9. The zero-order valence-corrected chi connectivity index (χ0v) is 16.9. The van der Waals surface area contributed by atoms with Crippen LogP contribution in [-0.4, -0.2) is 17.7 Å². The van der Waals surface area contributed by atoms with E-state index in [1.165, 1.54) is 12.1 Å². The standard InChI is InChI=1S/C23H25FN4O/c1-4-7-20(26-14-16(3)5-2)23-27-21-15-28(9-6-8-22(21)29-23)19-11-17(13-25)10-18(24)12-19/h4,7,10-12,14,16H,1,5-6,8-9,15H2,2-3H3/b20-7-,26-14?. The number of aliphatic imine (C=N–C) groups is 1. The second-order valence-electron chi connectivity index (χ2n) is 7.18. The van der Waals surface area contributed by atoms with Gasteiger partial charge in [-0.1, -0.05) is 26.5 Å². The Hall–Kier alpha value is -3.20. The van der Waals surface area contributed by atoms with Gasteiger partial charge in [-0.3, -0.25) is 4.99 Å². The fourth-order valence-corrected chi connectivity index (χ4v) is 3.14. The first-order valence-corrected chi connectivity index (χ1v) is 9.85. The Bertz CT molecular complexity index is 983. The molecule has 0 radical (unpaired) electrons. The van der Waals surface area contributed by atoms with Crippen LogP contribution in [-0.2, 0) is 13.0 Å². The predicted octanol–water partition coefficient (Wildman–Crippen LogP) is 5.28. The molecule has 1 atom stereocenters. The fourth-order valence-electron chi connectivity index (χ4n) is 3.14. The number of rotatable bonds is 6. The highest BCUT2D eigenvalue weighted by atomic mass is 19.1. The lowest BCUT2D eigenvalue weighted by molar-refractivity contribution is 0.486. The molecule has 150 valence electrons. The van der Waals surface area contributed by atoms with Crippen LogP contribution in [0.15, 0.2) is 46.3 Å². The van der Waals surface area contributed by atoms with Crippen LogP contribution in [0.4, 0.5) is 10.1 Å². The maximum absolute atomic E-state index is 13.9. The molecule has 0 N–H and O–H groups in total. The largest absolute Gasteiger partial charge is 0.440 e. The van der Waals surface area contributed by atoms with Crippen LogP contribution in [0, 0.1) is 23.1 Å². The van der Waals surface area contributed by atoms with E-state index in [-0.39, 0.29) is 0 Å². The number of allylic oxidation sites excluding steroid dienone is 2. The zero-order chi connectivity index (χ0) is 20.8. The molecule has 3 rings (SSSR count). The number of oxazole rings is 1. The van der Waals surface area contributed by atoms with Crippen molar-refractivity contribution in [2.24, 2.45) is 10.9 Å². The summed E-state index contributed by atoms with van der Waals surface area (Å²) in [6.07, 6.45) is 7.94. The maximum Gasteiger partial charge on any atom is 0.245 e. The Labute approximate surface area is 170 Å². The molecule has 0 spiro atoms. The van der Waals surface area contributed by atoms with E-state index >= 15 is 0 Å². The molecule has 0 bridgehead atoms. The minimum absolute atomic E-state index is 0.306. The van der Waals surface area contributed by atoms with Crippen molar-refractivity contribution in [1.29, 1.82) is 5.26 Å². The van der Waals surface area contributed by atoms with Gasteiger partial charge in [-0.05, 0) is 43.0 Å². The molecular formula is C23H25FN4O. The SMILES string of the molecule is C=C/C=C(\N=CC(C)CC)c1nc2c(o1)CCCN(c1cc(F)cc(C#N)c1)C2. The van der Waals surface area contributed by atoms with Gasteiger partial charge >= 0.3 is 0 Å². The summed E-state index contributed by atoms with van der Waals surface area (Å²) in [5, 5.41) is 9.13. The van der Waals surface area contributed by atoms with Crippen LogP contribution in [0.5, 0.6) is 0 Å². The van der Waals surface area contributed by atoms with E-state index in [4.69, 9.17) is 9.68 Å². The van der Waals surface area contributed by atoms with E-state index in [0.717, 1.165) is 37.3 Å². The molecular weight excluding hydrogens is 367 g/mol. The third-order valence-electron chi connectivity index (χ3n) is 4.93. The molecule has 0 fully saturated rings. The number of nitriles is 1. The molecule has 0 aliphatic carbocycles. The van der Waals surface area contributed by atoms with Gasteiger partial charge in [0, 0.05) is 24.9 Å². The average Bonchev–Trinajstić information content (AvgIpc) is 3.01. The van der Waals surface area contributed by atoms with Gasteiger partial charge < -0.3 is 9.32 Å². The van der Waals surface area contributed by atoms with E-state index in [1.807, 2.05) is 17.2 Å². The molecule has 0 amide bonds. The molecule has 1 aliphatic heterocycles. The number of fused-ring (bicyclic) bond motifs is 1. The Morgan fingerprint density at radius 2 is 2.31 bits per heavy atom. The molecule has 29 heavy (non-hydrogen) atoms. The van der Waals surface area contributed by atoms with E-state index in [1.54, 1.807) is 18.2 Å². The third-order valence-corrected chi connectivity index (χ3v) is 4.93. The number of halogens is 1. The second-order valence-corrected chi connectivity index (χ2v) is 7.18. The third kappa shape index (κ3) is 5.00. The van der Waals surface area contributed by atoms with Crippen molar-refractivity contribution in [2.75, 3.05) is 11.4 Å². The molecule has 0 saturated heterocycles. The lowest BCUT2D eigenvalue weighted by atomic mass is 10.1. The Morgan fingerprint density at radius 3 is 3.03 bits per heavy atom. The summed E-state index contributed by atoms with van der Waals surface area (Å²) in [6.45, 7) is 9.19. The zero-order valence-electron chi connectivity index (χ0n) is 16.9. The van der Waals surface area contributed by atoms with Gasteiger partial charge in [-0.2, -0.15) is 5.26 Å². The number of aryl methyl sites for hydroxylation is 1. The topological polar surface area (TPSA) is 65.4 Å². The minimum atomic E-state index is -0.417. The number of aromatic nitrogens is 1. The van der Waals surface area contributed by atoms with Gasteiger partial charge in [0.25, 0.3) is 0 Å². The van der Waals surface area contributed by atoms with Crippen molar-refractivity contribution in [1.82, 2.24) is 4.98 Å². The highest BCUT2D eigenvalue weighted by Crippen LogP contribution is 2.28. The van der Waals surface area contributed by atoms with Crippen LogP contribution in [0.1, 0.15) is 49.6 Å². The number of anilines is 1. The Kier molecular flexibility index (Phi) is 6.61. The number of hydrogen-bond acceptors (Lipinski definition) is 5. The molecule has 0 saturated carbocycles. The lowest BCUT2D eigenvalue weighted by Crippen LogP contribution is -2.23. The molecule has 5 nitrogen and oxygen atoms in total. The lowest BCUT2D eigenvalue weighted by Gasteiger charge is -2.22. The molecule has 2 aromatic rings. The van der Waals surface area contributed by atoms with Gasteiger partial charge in [-0.15, -0.1) is 0 Å². The van der Waals surface area contributed by atoms with Crippen LogP contribution in [0.25, 0.3) is 5.70 Å². The molecule has 6 heteroatoms. The van der Waals surface area contributed by atoms with Crippen molar-refractivity contribution in [2.45, 2.75) is 39.7 Å². The molecule has 2 heterocycles.